The summed E-state index contributed by atoms with van der Waals surface area (Å²) in [5, 5.41) is 0.676. The molecule has 2 heterocycles. The molecule has 1 saturated heterocycles. The monoisotopic (exact) mass is 500 g/mol. The first kappa shape index (κ1) is 23.9. The molecule has 1 aromatic heterocycles. The molecule has 0 aliphatic carbocycles. The fourth-order valence-electron chi connectivity index (χ4n) is 4.25. The van der Waals surface area contributed by atoms with E-state index in [1.54, 1.807) is 18.2 Å². The van der Waals surface area contributed by atoms with E-state index in [-0.39, 0.29) is 30.1 Å². The molecule has 0 saturated carbocycles. The topological polar surface area (TPSA) is 51.5 Å². The Bertz CT molecular complexity index is 1490. The molecule has 2 amide bonds. The second-order valence-electron chi connectivity index (χ2n) is 8.81. The fraction of sp³-hybridized carbons (Fsp3) is 0.172. The molecule has 4 aromatic rings. The van der Waals surface area contributed by atoms with Gasteiger partial charge in [-0.15, -0.1) is 0 Å². The average Bonchev–Trinajstić information content (AvgIpc) is 3.34. The highest BCUT2D eigenvalue weighted by Gasteiger charge is 2.35. The maximum atomic E-state index is 13.3. The zero-order valence-corrected chi connectivity index (χ0v) is 20.8. The van der Waals surface area contributed by atoms with Gasteiger partial charge in [-0.3, -0.25) is 14.5 Å². The summed E-state index contributed by atoms with van der Waals surface area (Å²) >= 11 is 0.944. The molecular formula is C29H25FN2O3S. The van der Waals surface area contributed by atoms with Gasteiger partial charge in [-0.1, -0.05) is 42.5 Å². The van der Waals surface area contributed by atoms with E-state index < -0.39 is 0 Å². The van der Waals surface area contributed by atoms with Crippen LogP contribution in [0.3, 0.4) is 0 Å². The lowest BCUT2D eigenvalue weighted by Crippen LogP contribution is -2.32. The Labute approximate surface area is 213 Å². The van der Waals surface area contributed by atoms with E-state index in [1.165, 1.54) is 17.0 Å². The number of hydrogen-bond donors (Lipinski definition) is 0. The molecule has 5 nitrogen and oxygen atoms in total. The Morgan fingerprint density at radius 3 is 2.58 bits per heavy atom. The van der Waals surface area contributed by atoms with Crippen molar-refractivity contribution in [3.8, 4) is 5.75 Å². The lowest BCUT2D eigenvalue weighted by molar-refractivity contribution is -0.123. The standard InChI is InChI=1S/C29H25FN2O3S/c1-19-7-8-20(2)26(15-19)35-14-13-32-28(33)27(36-29(32)34)16-22-18-31(25-6-4-3-5-24(22)25)17-21-9-11-23(30)12-10-21/h3-12,15-16,18H,13-14,17H2,1-2H3/b27-16-. The van der Waals surface area contributed by atoms with E-state index >= 15 is 0 Å². The van der Waals surface area contributed by atoms with Crippen molar-refractivity contribution in [2.24, 2.45) is 0 Å². The predicted octanol–water partition coefficient (Wildman–Crippen LogP) is 6.56. The molecule has 1 fully saturated rings. The predicted molar refractivity (Wildman–Crippen MR) is 142 cm³/mol. The van der Waals surface area contributed by atoms with Gasteiger partial charge in [0, 0.05) is 29.2 Å². The number of nitrogens with zero attached hydrogens (tertiary/aromatic N) is 2. The van der Waals surface area contributed by atoms with Crippen molar-refractivity contribution in [1.29, 1.82) is 0 Å². The minimum atomic E-state index is -0.315. The van der Waals surface area contributed by atoms with Crippen molar-refractivity contribution >= 4 is 39.9 Å². The Morgan fingerprint density at radius 1 is 1.00 bits per heavy atom. The van der Waals surface area contributed by atoms with E-state index in [0.29, 0.717) is 11.4 Å². The number of benzene rings is 3. The lowest BCUT2D eigenvalue weighted by Gasteiger charge is -2.14. The van der Waals surface area contributed by atoms with Crippen LogP contribution in [0.4, 0.5) is 9.18 Å². The molecule has 0 unspecified atom stereocenters. The van der Waals surface area contributed by atoms with Crippen LogP contribution in [-0.4, -0.2) is 33.8 Å². The molecule has 1 aliphatic rings. The highest BCUT2D eigenvalue weighted by Crippen LogP contribution is 2.34. The van der Waals surface area contributed by atoms with Crippen LogP contribution in [0.5, 0.6) is 5.75 Å². The van der Waals surface area contributed by atoms with Crippen molar-refractivity contribution in [3.63, 3.8) is 0 Å². The van der Waals surface area contributed by atoms with Crippen molar-refractivity contribution in [1.82, 2.24) is 9.47 Å². The number of ether oxygens (including phenoxy) is 1. The SMILES string of the molecule is Cc1ccc(C)c(OCCN2C(=O)S/C(=C\c3cn(Cc4ccc(F)cc4)c4ccccc34)C2=O)c1. The number of imide groups is 1. The van der Waals surface area contributed by atoms with Crippen LogP contribution in [0.1, 0.15) is 22.3 Å². The third-order valence-electron chi connectivity index (χ3n) is 6.16. The highest BCUT2D eigenvalue weighted by atomic mass is 32.2. The first-order valence-corrected chi connectivity index (χ1v) is 12.5. The lowest BCUT2D eigenvalue weighted by atomic mass is 10.1. The number of aromatic nitrogens is 1. The number of halogens is 1. The second kappa shape index (κ2) is 10.0. The molecule has 0 N–H and O–H groups in total. The van der Waals surface area contributed by atoms with E-state index in [0.717, 1.165) is 50.7 Å². The summed E-state index contributed by atoms with van der Waals surface area (Å²) in [6.07, 6.45) is 3.74. The van der Waals surface area contributed by atoms with Gasteiger partial charge in [0.1, 0.15) is 18.2 Å². The Morgan fingerprint density at radius 2 is 1.78 bits per heavy atom. The van der Waals surface area contributed by atoms with Crippen LogP contribution >= 0.6 is 11.8 Å². The number of fused-ring (bicyclic) bond motifs is 1. The quantitative estimate of drug-likeness (QED) is 0.270. The second-order valence-corrected chi connectivity index (χ2v) is 9.80. The minimum absolute atomic E-state index is 0.182. The van der Waals surface area contributed by atoms with Gasteiger partial charge in [-0.2, -0.15) is 0 Å². The highest BCUT2D eigenvalue weighted by molar-refractivity contribution is 8.18. The van der Waals surface area contributed by atoms with Crippen molar-refractivity contribution in [2.75, 3.05) is 13.2 Å². The van der Waals surface area contributed by atoms with Crippen molar-refractivity contribution in [3.05, 3.63) is 106 Å². The largest absolute Gasteiger partial charge is 0.491 e. The zero-order chi connectivity index (χ0) is 25.2. The number of aryl methyl sites for hydroxylation is 2. The van der Waals surface area contributed by atoms with Gasteiger partial charge in [0.2, 0.25) is 0 Å². The molecule has 0 atom stereocenters. The Hall–Kier alpha value is -3.84. The van der Waals surface area contributed by atoms with Gasteiger partial charge < -0.3 is 9.30 Å². The first-order valence-electron chi connectivity index (χ1n) is 11.7. The van der Waals surface area contributed by atoms with Gasteiger partial charge in [0.25, 0.3) is 11.1 Å². The summed E-state index contributed by atoms with van der Waals surface area (Å²) in [6, 6.07) is 20.3. The minimum Gasteiger partial charge on any atom is -0.491 e. The molecule has 0 spiro atoms. The maximum absolute atomic E-state index is 13.3. The summed E-state index contributed by atoms with van der Waals surface area (Å²) < 4.78 is 21.2. The number of rotatable bonds is 7. The number of hydrogen-bond acceptors (Lipinski definition) is 4. The van der Waals surface area contributed by atoms with Gasteiger partial charge in [0.15, 0.2) is 0 Å². The fourth-order valence-corrected chi connectivity index (χ4v) is 5.11. The van der Waals surface area contributed by atoms with Crippen LogP contribution in [0, 0.1) is 19.7 Å². The third-order valence-corrected chi connectivity index (χ3v) is 7.07. The first-order chi connectivity index (χ1) is 17.4. The van der Waals surface area contributed by atoms with Crippen molar-refractivity contribution in [2.45, 2.75) is 20.4 Å². The zero-order valence-electron chi connectivity index (χ0n) is 20.0. The Balaban J connectivity index is 1.34. The molecule has 182 valence electrons. The van der Waals surface area contributed by atoms with Gasteiger partial charge >= 0.3 is 0 Å². The number of thioether (sulfide) groups is 1. The summed E-state index contributed by atoms with van der Waals surface area (Å²) in [5.41, 5.74) is 4.90. The molecular weight excluding hydrogens is 475 g/mol. The van der Waals surface area contributed by atoms with Crippen LogP contribution in [0.2, 0.25) is 0 Å². The van der Waals surface area contributed by atoms with Gasteiger partial charge in [-0.05, 0) is 72.6 Å². The summed E-state index contributed by atoms with van der Waals surface area (Å²) in [4.78, 5) is 27.3. The van der Waals surface area contributed by atoms with Crippen LogP contribution in [-0.2, 0) is 11.3 Å². The van der Waals surface area contributed by atoms with Crippen LogP contribution in [0.25, 0.3) is 17.0 Å². The molecule has 1 aliphatic heterocycles. The number of para-hydroxylation sites is 1. The smallest absolute Gasteiger partial charge is 0.293 e. The van der Waals surface area contributed by atoms with Gasteiger partial charge in [0.05, 0.1) is 11.4 Å². The van der Waals surface area contributed by atoms with E-state index in [4.69, 9.17) is 4.74 Å². The van der Waals surface area contributed by atoms with E-state index in [1.807, 2.05) is 62.5 Å². The average molecular weight is 501 g/mol. The normalized spacial score (nSPS) is 14.9. The number of carbonyl (C=O) groups is 2. The van der Waals surface area contributed by atoms with E-state index in [2.05, 4.69) is 4.57 Å². The van der Waals surface area contributed by atoms with E-state index in [9.17, 15) is 14.0 Å². The summed E-state index contributed by atoms with van der Waals surface area (Å²) in [6.45, 7) is 4.93. The molecule has 36 heavy (non-hydrogen) atoms. The molecule has 5 rings (SSSR count). The maximum Gasteiger partial charge on any atom is 0.293 e. The summed E-state index contributed by atoms with van der Waals surface area (Å²) in [7, 11) is 0. The molecule has 3 aromatic carbocycles. The molecule has 0 radical (unpaired) electrons. The molecule has 0 bridgehead atoms. The number of amides is 2. The van der Waals surface area contributed by atoms with Crippen LogP contribution in [0.15, 0.2) is 77.8 Å². The summed E-state index contributed by atoms with van der Waals surface area (Å²) in [5.74, 6) is 0.170. The van der Waals surface area contributed by atoms with Gasteiger partial charge in [-0.25, -0.2) is 4.39 Å². The number of carbonyl (C=O) groups excluding carboxylic acids is 2. The van der Waals surface area contributed by atoms with Crippen molar-refractivity contribution < 1.29 is 18.7 Å². The Kier molecular flexibility index (Phi) is 6.65. The van der Waals surface area contributed by atoms with Crippen LogP contribution < -0.4 is 4.74 Å². The third kappa shape index (κ3) is 4.93. The molecule has 7 heteroatoms.